The fraction of sp³-hybridized carbons (Fsp3) is 0.333. The van der Waals surface area contributed by atoms with Crippen molar-refractivity contribution >= 4 is 27.9 Å². The first kappa shape index (κ1) is 18.4. The van der Waals surface area contributed by atoms with Crippen LogP contribution in [-0.4, -0.2) is 39.7 Å². The van der Waals surface area contributed by atoms with Gasteiger partial charge in [-0.15, -0.1) is 0 Å². The minimum Gasteiger partial charge on any atom is -0.491 e. The van der Waals surface area contributed by atoms with Gasteiger partial charge in [0.05, 0.1) is 25.0 Å². The first-order valence-corrected chi connectivity index (χ1v) is 10.6. The van der Waals surface area contributed by atoms with Gasteiger partial charge >= 0.3 is 0 Å². The topological polar surface area (TPSA) is 86.7 Å². The zero-order valence-corrected chi connectivity index (χ0v) is 17.5. The van der Waals surface area contributed by atoms with Gasteiger partial charge in [0.25, 0.3) is 0 Å². The Hall–Kier alpha value is -3.32. The summed E-state index contributed by atoms with van der Waals surface area (Å²) in [5, 5.41) is 5.65. The summed E-state index contributed by atoms with van der Waals surface area (Å²) in [7, 11) is 0. The summed E-state index contributed by atoms with van der Waals surface area (Å²) < 4.78 is 14.5. The molecular weight excluding hydrogens is 390 g/mol. The average molecular weight is 415 g/mol. The van der Waals surface area contributed by atoms with Gasteiger partial charge in [-0.05, 0) is 44.0 Å². The number of nitrogens with one attached hydrogen (secondary N) is 1. The van der Waals surface area contributed by atoms with Gasteiger partial charge < -0.3 is 24.9 Å². The van der Waals surface area contributed by atoms with Gasteiger partial charge in [-0.3, -0.25) is 0 Å². The van der Waals surface area contributed by atoms with Crippen molar-refractivity contribution in [2.75, 3.05) is 30.8 Å². The summed E-state index contributed by atoms with van der Waals surface area (Å²) in [6.07, 6.45) is 7.65. The molecule has 2 saturated heterocycles. The molecule has 3 aliphatic rings. The average Bonchev–Trinajstić information content (AvgIpc) is 3.43. The van der Waals surface area contributed by atoms with Gasteiger partial charge in [0, 0.05) is 46.5 Å². The van der Waals surface area contributed by atoms with Crippen LogP contribution in [0.5, 0.6) is 5.75 Å². The van der Waals surface area contributed by atoms with E-state index < -0.39 is 0 Å². The second-order valence-corrected chi connectivity index (χ2v) is 9.06. The van der Waals surface area contributed by atoms with Crippen molar-refractivity contribution in [3.63, 3.8) is 0 Å². The minimum absolute atomic E-state index is 0.105. The van der Waals surface area contributed by atoms with E-state index >= 15 is 0 Å². The maximum absolute atomic E-state index is 6.25. The number of nitrogens with two attached hydrogens (primary N) is 1. The lowest BCUT2D eigenvalue weighted by Crippen LogP contribution is -2.51. The third-order valence-electron chi connectivity index (χ3n) is 6.73. The summed E-state index contributed by atoms with van der Waals surface area (Å²) in [6, 6.07) is 12.1. The minimum atomic E-state index is -0.116. The molecule has 0 atom stereocenters. The van der Waals surface area contributed by atoms with Crippen molar-refractivity contribution in [2.24, 2.45) is 5.41 Å². The first-order valence-electron chi connectivity index (χ1n) is 10.6. The summed E-state index contributed by atoms with van der Waals surface area (Å²) in [5.74, 6) is 1.42. The first-order chi connectivity index (χ1) is 15.0. The van der Waals surface area contributed by atoms with Crippen LogP contribution in [0.15, 0.2) is 55.0 Å². The second kappa shape index (κ2) is 6.59. The number of anilines is 2. The number of imidazole rings is 1. The van der Waals surface area contributed by atoms with E-state index in [9.17, 15) is 0 Å². The number of ether oxygens (including phenoxy) is 2. The maximum atomic E-state index is 6.25. The summed E-state index contributed by atoms with van der Waals surface area (Å²) in [5.41, 5.74) is 9.12. The van der Waals surface area contributed by atoms with Gasteiger partial charge in [-0.2, -0.15) is 0 Å². The molecule has 4 aromatic rings. The number of hydrogen-bond donors (Lipinski definition) is 2. The van der Waals surface area contributed by atoms with Crippen LogP contribution in [0.3, 0.4) is 0 Å². The molecule has 1 aliphatic carbocycles. The van der Waals surface area contributed by atoms with E-state index in [0.717, 1.165) is 59.5 Å². The number of nitrogens with zero attached hydrogens (tertiary/aromatic N) is 3. The number of aryl methyl sites for hydroxylation is 1. The molecular formula is C24H25N5O2. The maximum Gasteiger partial charge on any atom is 0.137 e. The zero-order valence-electron chi connectivity index (χ0n) is 17.5. The molecule has 3 N–H and O–H groups in total. The molecule has 3 fully saturated rings. The highest BCUT2D eigenvalue weighted by molar-refractivity contribution is 5.99. The van der Waals surface area contributed by atoms with E-state index in [4.69, 9.17) is 15.2 Å². The molecule has 7 heteroatoms. The highest BCUT2D eigenvalue weighted by atomic mass is 16.5. The molecule has 158 valence electrons. The van der Waals surface area contributed by atoms with E-state index in [0.29, 0.717) is 12.4 Å². The number of benzene rings is 1. The van der Waals surface area contributed by atoms with Crippen LogP contribution in [0.1, 0.15) is 18.5 Å². The molecule has 1 aromatic carbocycles. The monoisotopic (exact) mass is 415 g/mol. The largest absolute Gasteiger partial charge is 0.491 e. The highest BCUT2D eigenvalue weighted by Gasteiger charge is 2.62. The molecule has 0 unspecified atom stereocenters. The molecule has 0 spiro atoms. The third-order valence-corrected chi connectivity index (χ3v) is 6.73. The molecule has 3 aromatic heterocycles. The lowest BCUT2D eigenvalue weighted by Gasteiger charge is -2.44. The van der Waals surface area contributed by atoms with E-state index in [1.807, 2.05) is 49.6 Å². The summed E-state index contributed by atoms with van der Waals surface area (Å²) in [6.45, 7) is 4.23. The van der Waals surface area contributed by atoms with Crippen LogP contribution < -0.4 is 15.8 Å². The van der Waals surface area contributed by atoms with Crippen molar-refractivity contribution in [2.45, 2.75) is 25.4 Å². The lowest BCUT2D eigenvalue weighted by atomic mass is 9.63. The van der Waals surface area contributed by atoms with Gasteiger partial charge in [0.15, 0.2) is 0 Å². The quantitative estimate of drug-likeness (QED) is 0.498. The number of nitrogen functional groups attached to an aromatic ring is 1. The number of rotatable bonds is 6. The normalized spacial score (nSPS) is 24.4. The Morgan fingerprint density at radius 1 is 1.16 bits per heavy atom. The predicted octanol–water partition coefficient (Wildman–Crippen LogP) is 3.81. The SMILES string of the molecule is Cc1cnc2ccc(OCC34COC(CNc5cccc6c(N)nccc56)(C3)C4)cn12. The van der Waals surface area contributed by atoms with Crippen LogP contribution in [-0.2, 0) is 4.74 Å². The Labute approximate surface area is 180 Å². The predicted molar refractivity (Wildman–Crippen MR) is 120 cm³/mol. The molecule has 2 aliphatic heterocycles. The van der Waals surface area contributed by atoms with Crippen LogP contribution in [0, 0.1) is 12.3 Å². The lowest BCUT2D eigenvalue weighted by molar-refractivity contribution is -0.0134. The van der Waals surface area contributed by atoms with Gasteiger partial charge in [0.2, 0.25) is 0 Å². The van der Waals surface area contributed by atoms with Gasteiger partial charge in [-0.25, -0.2) is 9.97 Å². The van der Waals surface area contributed by atoms with E-state index in [1.165, 1.54) is 0 Å². The third kappa shape index (κ3) is 2.99. The standard InChI is InChI=1S/C24H25N5O2/c1-16-9-27-21-6-5-17(10-29(16)21)30-14-23-11-24(12-23,31-15-23)13-28-20-4-2-3-19-18(20)7-8-26-22(19)25/h2-10,28H,11-15H2,1H3,(H2,25,26). The molecule has 2 bridgehead atoms. The van der Waals surface area contributed by atoms with Crippen molar-refractivity contribution in [1.29, 1.82) is 0 Å². The zero-order chi connectivity index (χ0) is 21.1. The van der Waals surface area contributed by atoms with Gasteiger partial charge in [0.1, 0.15) is 17.2 Å². The molecule has 0 radical (unpaired) electrons. The molecule has 7 nitrogen and oxygen atoms in total. The molecule has 7 rings (SSSR count). The van der Waals surface area contributed by atoms with Crippen LogP contribution in [0.2, 0.25) is 0 Å². The molecule has 5 heterocycles. The Morgan fingerprint density at radius 3 is 2.97 bits per heavy atom. The van der Waals surface area contributed by atoms with E-state index in [1.54, 1.807) is 6.20 Å². The molecule has 0 amide bonds. The number of aromatic nitrogens is 3. The Bertz CT molecular complexity index is 1290. The van der Waals surface area contributed by atoms with Crippen LogP contribution in [0.25, 0.3) is 16.4 Å². The molecule has 31 heavy (non-hydrogen) atoms. The van der Waals surface area contributed by atoms with Crippen molar-refractivity contribution in [3.05, 3.63) is 60.7 Å². The van der Waals surface area contributed by atoms with Crippen molar-refractivity contribution in [3.8, 4) is 5.75 Å². The Kier molecular flexibility index (Phi) is 3.92. The van der Waals surface area contributed by atoms with Crippen LogP contribution >= 0.6 is 0 Å². The Balaban J connectivity index is 1.11. The number of fused-ring (bicyclic) bond motifs is 3. The molecule has 1 saturated carbocycles. The van der Waals surface area contributed by atoms with Crippen LogP contribution in [0.4, 0.5) is 11.5 Å². The Morgan fingerprint density at radius 2 is 2.06 bits per heavy atom. The smallest absolute Gasteiger partial charge is 0.137 e. The number of hydrogen-bond acceptors (Lipinski definition) is 6. The summed E-state index contributed by atoms with van der Waals surface area (Å²) >= 11 is 0. The van der Waals surface area contributed by atoms with Crippen molar-refractivity contribution < 1.29 is 9.47 Å². The van der Waals surface area contributed by atoms with Gasteiger partial charge in [-0.1, -0.05) is 12.1 Å². The number of pyridine rings is 2. The fourth-order valence-corrected chi connectivity index (χ4v) is 5.19. The van der Waals surface area contributed by atoms with E-state index in [2.05, 4.69) is 25.8 Å². The second-order valence-electron chi connectivity index (χ2n) is 9.06. The summed E-state index contributed by atoms with van der Waals surface area (Å²) in [4.78, 5) is 8.55. The fourth-order valence-electron chi connectivity index (χ4n) is 5.19. The van der Waals surface area contributed by atoms with E-state index in [-0.39, 0.29) is 11.0 Å². The van der Waals surface area contributed by atoms with Crippen molar-refractivity contribution in [1.82, 2.24) is 14.4 Å². The highest BCUT2D eigenvalue weighted by Crippen LogP contribution is 2.58.